The van der Waals surface area contributed by atoms with E-state index in [0.717, 1.165) is 30.9 Å². The largest absolute Gasteiger partial charge is 0.363 e. The van der Waals surface area contributed by atoms with Gasteiger partial charge in [0.15, 0.2) is 5.11 Å². The molecule has 0 amide bonds. The third-order valence-electron chi connectivity index (χ3n) is 3.65. The van der Waals surface area contributed by atoms with Crippen molar-refractivity contribution in [3.63, 3.8) is 0 Å². The van der Waals surface area contributed by atoms with Gasteiger partial charge in [-0.05, 0) is 49.5 Å². The molecule has 0 heterocycles. The molecule has 22 heavy (non-hydrogen) atoms. The summed E-state index contributed by atoms with van der Waals surface area (Å²) in [4.78, 5) is 0. The summed E-state index contributed by atoms with van der Waals surface area (Å²) in [5.74, 6) is 0. The van der Waals surface area contributed by atoms with Crippen LogP contribution in [0.4, 0.5) is 0 Å². The lowest BCUT2D eigenvalue weighted by Gasteiger charge is -2.21. The summed E-state index contributed by atoms with van der Waals surface area (Å²) in [6, 6.07) is 21.4. The van der Waals surface area contributed by atoms with E-state index < -0.39 is 0 Å². The van der Waals surface area contributed by atoms with Crippen molar-refractivity contribution in [1.29, 1.82) is 0 Å². The summed E-state index contributed by atoms with van der Waals surface area (Å²) in [6.07, 6.45) is 3.29. The Morgan fingerprint density at radius 3 is 2.27 bits per heavy atom. The van der Waals surface area contributed by atoms with Crippen LogP contribution in [0.25, 0.3) is 0 Å². The first kappa shape index (κ1) is 16.5. The van der Waals surface area contributed by atoms with Crippen LogP contribution in [0, 0.1) is 0 Å². The van der Waals surface area contributed by atoms with Gasteiger partial charge in [-0.25, -0.2) is 0 Å². The number of aryl methyl sites for hydroxylation is 1. The van der Waals surface area contributed by atoms with E-state index in [-0.39, 0.29) is 6.04 Å². The van der Waals surface area contributed by atoms with Crippen LogP contribution in [0.1, 0.15) is 36.9 Å². The topological polar surface area (TPSA) is 24.1 Å². The maximum absolute atomic E-state index is 5.35. The van der Waals surface area contributed by atoms with Gasteiger partial charge >= 0.3 is 0 Å². The Morgan fingerprint density at radius 1 is 1.00 bits per heavy atom. The molecule has 0 spiro atoms. The molecule has 0 aliphatic heterocycles. The minimum atomic E-state index is 0.261. The molecule has 0 radical (unpaired) electrons. The molecule has 0 fully saturated rings. The average molecular weight is 312 g/mol. The summed E-state index contributed by atoms with van der Waals surface area (Å²) in [6.45, 7) is 2.90. The monoisotopic (exact) mass is 312 g/mol. The molecule has 2 rings (SSSR count). The van der Waals surface area contributed by atoms with Crippen molar-refractivity contribution < 1.29 is 0 Å². The molecule has 0 bridgehead atoms. The van der Waals surface area contributed by atoms with E-state index in [1.807, 2.05) is 6.07 Å². The Balaban J connectivity index is 1.94. The van der Waals surface area contributed by atoms with E-state index in [0.29, 0.717) is 0 Å². The van der Waals surface area contributed by atoms with Crippen molar-refractivity contribution in [3.8, 4) is 0 Å². The number of benzene rings is 2. The molecular weight excluding hydrogens is 288 g/mol. The van der Waals surface area contributed by atoms with Crippen LogP contribution in [0.3, 0.4) is 0 Å². The molecule has 116 valence electrons. The summed E-state index contributed by atoms with van der Waals surface area (Å²) in [5.41, 5.74) is 2.68. The number of hydrogen-bond donors (Lipinski definition) is 2. The van der Waals surface area contributed by atoms with Crippen LogP contribution < -0.4 is 10.6 Å². The predicted molar refractivity (Wildman–Crippen MR) is 98.0 cm³/mol. The number of hydrogen-bond acceptors (Lipinski definition) is 1. The highest BCUT2D eigenvalue weighted by Crippen LogP contribution is 2.19. The Bertz CT molecular complexity index is 554. The van der Waals surface area contributed by atoms with E-state index in [4.69, 9.17) is 12.2 Å². The van der Waals surface area contributed by atoms with E-state index in [1.165, 1.54) is 11.1 Å². The fraction of sp³-hybridized carbons (Fsp3) is 0.316. The average Bonchev–Trinajstić information content (AvgIpc) is 2.56. The van der Waals surface area contributed by atoms with E-state index in [1.54, 1.807) is 0 Å². The van der Waals surface area contributed by atoms with Crippen molar-refractivity contribution in [3.05, 3.63) is 71.8 Å². The van der Waals surface area contributed by atoms with Crippen LogP contribution in [-0.2, 0) is 6.42 Å². The molecule has 0 aliphatic rings. The molecule has 0 aliphatic carbocycles. The van der Waals surface area contributed by atoms with Crippen LogP contribution >= 0.6 is 12.2 Å². The number of thiocarbonyl (C=S) groups is 1. The van der Waals surface area contributed by atoms with Gasteiger partial charge in [-0.15, -0.1) is 0 Å². The summed E-state index contributed by atoms with van der Waals surface area (Å²) in [5, 5.41) is 7.35. The molecule has 2 N–H and O–H groups in total. The normalized spacial score (nSPS) is 11.7. The Morgan fingerprint density at radius 2 is 1.64 bits per heavy atom. The second-order valence-electron chi connectivity index (χ2n) is 5.34. The fourth-order valence-corrected chi connectivity index (χ4v) is 2.82. The summed E-state index contributed by atoms with van der Waals surface area (Å²) >= 11 is 5.35. The molecule has 2 aromatic rings. The van der Waals surface area contributed by atoms with E-state index in [9.17, 15) is 0 Å². The molecule has 0 unspecified atom stereocenters. The van der Waals surface area contributed by atoms with Crippen molar-refractivity contribution in [1.82, 2.24) is 10.6 Å². The van der Waals surface area contributed by atoms with Crippen molar-refractivity contribution in [2.24, 2.45) is 0 Å². The van der Waals surface area contributed by atoms with Crippen LogP contribution in [0.2, 0.25) is 0 Å². The lowest BCUT2D eigenvalue weighted by Crippen LogP contribution is -2.37. The highest BCUT2D eigenvalue weighted by Gasteiger charge is 2.12. The molecule has 1 atom stereocenters. The zero-order valence-corrected chi connectivity index (χ0v) is 13.9. The van der Waals surface area contributed by atoms with Gasteiger partial charge in [-0.3, -0.25) is 0 Å². The zero-order valence-electron chi connectivity index (χ0n) is 13.1. The quantitative estimate of drug-likeness (QED) is 0.748. The Kier molecular flexibility index (Phi) is 6.91. The van der Waals surface area contributed by atoms with Crippen molar-refractivity contribution >= 4 is 17.3 Å². The lowest BCUT2D eigenvalue weighted by atomic mass is 9.99. The van der Waals surface area contributed by atoms with Gasteiger partial charge in [-0.1, -0.05) is 60.7 Å². The first-order valence-electron chi connectivity index (χ1n) is 7.93. The Labute approximate surface area is 139 Å². The Hall–Kier alpha value is -1.87. The molecule has 2 aromatic carbocycles. The molecule has 2 nitrogen and oxygen atoms in total. The van der Waals surface area contributed by atoms with Crippen molar-refractivity contribution in [2.75, 3.05) is 6.54 Å². The van der Waals surface area contributed by atoms with Gasteiger partial charge in [0.05, 0.1) is 6.04 Å². The third-order valence-corrected chi connectivity index (χ3v) is 3.91. The minimum absolute atomic E-state index is 0.261. The van der Waals surface area contributed by atoms with Gasteiger partial charge in [0.1, 0.15) is 0 Å². The number of nitrogens with one attached hydrogen (secondary N) is 2. The van der Waals surface area contributed by atoms with Crippen molar-refractivity contribution in [2.45, 2.75) is 32.2 Å². The standard InChI is InChI=1S/C19H24N2S/c1-2-20-19(22)21-18(17-13-7-4-8-14-17)15-9-12-16-10-5-3-6-11-16/h3-8,10-11,13-14,18H,2,9,12,15H2,1H3,(H2,20,21,22)/t18-/m1/s1. The highest BCUT2D eigenvalue weighted by atomic mass is 32.1. The van der Waals surface area contributed by atoms with E-state index >= 15 is 0 Å². The second-order valence-corrected chi connectivity index (χ2v) is 5.75. The van der Waals surface area contributed by atoms with Gasteiger partial charge in [0.2, 0.25) is 0 Å². The minimum Gasteiger partial charge on any atom is -0.363 e. The third kappa shape index (κ3) is 5.49. The number of rotatable bonds is 7. The second kappa shape index (κ2) is 9.21. The SMILES string of the molecule is CCNC(=S)N[C@H](CCCc1ccccc1)c1ccccc1. The molecule has 3 heteroatoms. The molecule has 0 aromatic heterocycles. The smallest absolute Gasteiger partial charge is 0.166 e. The van der Waals surface area contributed by atoms with Crippen LogP contribution in [0.15, 0.2) is 60.7 Å². The molecule has 0 saturated carbocycles. The highest BCUT2D eigenvalue weighted by molar-refractivity contribution is 7.80. The van der Waals surface area contributed by atoms with Gasteiger partial charge < -0.3 is 10.6 Å². The first-order chi connectivity index (χ1) is 10.8. The maximum Gasteiger partial charge on any atom is 0.166 e. The lowest BCUT2D eigenvalue weighted by molar-refractivity contribution is 0.558. The molecule has 0 saturated heterocycles. The summed E-state index contributed by atoms with van der Waals surface area (Å²) in [7, 11) is 0. The first-order valence-corrected chi connectivity index (χ1v) is 8.33. The van der Waals surface area contributed by atoms with Gasteiger partial charge in [0, 0.05) is 6.54 Å². The fourth-order valence-electron chi connectivity index (χ4n) is 2.53. The predicted octanol–water partition coefficient (Wildman–Crippen LogP) is 4.23. The molecular formula is C19H24N2S. The summed E-state index contributed by atoms with van der Waals surface area (Å²) < 4.78 is 0. The van der Waals surface area contributed by atoms with Gasteiger partial charge in [0.25, 0.3) is 0 Å². The maximum atomic E-state index is 5.35. The van der Waals surface area contributed by atoms with Crippen LogP contribution in [-0.4, -0.2) is 11.7 Å². The van der Waals surface area contributed by atoms with Gasteiger partial charge in [-0.2, -0.15) is 0 Å². The zero-order chi connectivity index (χ0) is 15.6. The van der Waals surface area contributed by atoms with E-state index in [2.05, 4.69) is 72.2 Å². The van der Waals surface area contributed by atoms with Crippen LogP contribution in [0.5, 0.6) is 0 Å².